The van der Waals surface area contributed by atoms with Gasteiger partial charge in [0.15, 0.2) is 16.3 Å². The van der Waals surface area contributed by atoms with E-state index >= 15 is 0 Å². The summed E-state index contributed by atoms with van der Waals surface area (Å²) in [6.45, 7) is 12.8. The molecule has 2 aromatic carbocycles. The molecule has 0 aliphatic heterocycles. The summed E-state index contributed by atoms with van der Waals surface area (Å²) in [7, 11) is 0. The minimum absolute atomic E-state index is 0.0402. The van der Waals surface area contributed by atoms with Gasteiger partial charge in [0.25, 0.3) is 5.91 Å². The minimum Gasteiger partial charge on any atom is -0.490 e. The Morgan fingerprint density at radius 3 is 2.09 bits per heavy atom. The predicted octanol–water partition coefficient (Wildman–Crippen LogP) is 4.82. The van der Waals surface area contributed by atoms with E-state index in [4.69, 9.17) is 18.9 Å². The van der Waals surface area contributed by atoms with E-state index in [1.54, 1.807) is 23.6 Å². The zero-order valence-electron chi connectivity index (χ0n) is 21.1. The molecule has 0 radical (unpaired) electrons. The molecular formula is C26H32N2O6S. The van der Waals surface area contributed by atoms with E-state index in [9.17, 15) is 9.59 Å². The van der Waals surface area contributed by atoms with Gasteiger partial charge in [-0.15, -0.1) is 0 Å². The van der Waals surface area contributed by atoms with Crippen molar-refractivity contribution >= 4 is 33.4 Å². The number of carbonyl (C=O) groups excluding carboxylic acids is 2. The third kappa shape index (κ3) is 6.03. The van der Waals surface area contributed by atoms with Gasteiger partial charge in [-0.05, 0) is 70.9 Å². The van der Waals surface area contributed by atoms with E-state index in [-0.39, 0.29) is 19.1 Å². The lowest BCUT2D eigenvalue weighted by Crippen LogP contribution is -2.23. The molecule has 1 heterocycles. The van der Waals surface area contributed by atoms with E-state index in [0.717, 1.165) is 21.3 Å². The van der Waals surface area contributed by atoms with Crippen molar-refractivity contribution in [3.63, 3.8) is 0 Å². The molecule has 188 valence electrons. The number of nitrogens with zero attached hydrogens (tertiary/aromatic N) is 2. The largest absolute Gasteiger partial charge is 0.490 e. The summed E-state index contributed by atoms with van der Waals surface area (Å²) in [4.78, 5) is 30.5. The standard InChI is InChI=1S/C26H32N2O6S/c1-7-31-19-13-18(14-20(32-8-2)24(19)34-10-4)25(30)27-26-28(15-22(29)33-9-3)23-17(6)11-16(5)12-21(23)35-26/h11-14H,7-10,15H2,1-6H3. The van der Waals surface area contributed by atoms with Crippen LogP contribution in [-0.4, -0.2) is 42.9 Å². The average Bonchev–Trinajstić information content (AvgIpc) is 3.12. The van der Waals surface area contributed by atoms with Crippen molar-refractivity contribution in [3.8, 4) is 17.2 Å². The number of rotatable bonds is 10. The highest BCUT2D eigenvalue weighted by Crippen LogP contribution is 2.39. The molecule has 0 atom stereocenters. The molecule has 0 unspecified atom stereocenters. The van der Waals surface area contributed by atoms with Crippen LogP contribution < -0.4 is 19.0 Å². The molecule has 9 heteroatoms. The molecule has 1 aromatic heterocycles. The number of aryl methyl sites for hydroxylation is 2. The molecule has 0 saturated carbocycles. The highest BCUT2D eigenvalue weighted by Gasteiger charge is 2.19. The number of hydrogen-bond acceptors (Lipinski definition) is 7. The van der Waals surface area contributed by atoms with Crippen LogP contribution in [0.2, 0.25) is 0 Å². The second-order valence-corrected chi connectivity index (χ2v) is 8.73. The van der Waals surface area contributed by atoms with Gasteiger partial charge >= 0.3 is 5.97 Å². The van der Waals surface area contributed by atoms with E-state index in [1.165, 1.54) is 11.3 Å². The second kappa shape index (κ2) is 11.9. The van der Waals surface area contributed by atoms with Gasteiger partial charge in [-0.3, -0.25) is 9.59 Å². The van der Waals surface area contributed by atoms with Crippen LogP contribution in [0.5, 0.6) is 17.2 Å². The quantitative estimate of drug-likeness (QED) is 0.371. The Hall–Kier alpha value is -3.33. The highest BCUT2D eigenvalue weighted by molar-refractivity contribution is 7.16. The molecule has 0 saturated heterocycles. The number of benzene rings is 2. The topological polar surface area (TPSA) is 88.4 Å². The molecule has 0 aliphatic carbocycles. The van der Waals surface area contributed by atoms with Crippen molar-refractivity contribution in [1.29, 1.82) is 0 Å². The van der Waals surface area contributed by atoms with Crippen LogP contribution in [0.25, 0.3) is 10.2 Å². The van der Waals surface area contributed by atoms with Gasteiger partial charge in [0.05, 0.1) is 36.6 Å². The lowest BCUT2D eigenvalue weighted by Gasteiger charge is -2.16. The molecule has 0 spiro atoms. The third-order valence-electron chi connectivity index (χ3n) is 5.06. The first-order valence-electron chi connectivity index (χ1n) is 11.7. The Morgan fingerprint density at radius 2 is 1.51 bits per heavy atom. The molecule has 8 nitrogen and oxygen atoms in total. The van der Waals surface area contributed by atoms with Crippen LogP contribution in [0, 0.1) is 13.8 Å². The Bertz CT molecular complexity index is 1260. The molecule has 1 amide bonds. The predicted molar refractivity (Wildman–Crippen MR) is 136 cm³/mol. The van der Waals surface area contributed by atoms with Gasteiger partial charge in [-0.2, -0.15) is 4.99 Å². The number of thiazole rings is 1. The lowest BCUT2D eigenvalue weighted by molar-refractivity contribution is -0.143. The van der Waals surface area contributed by atoms with Crippen molar-refractivity contribution < 1.29 is 28.5 Å². The van der Waals surface area contributed by atoms with Gasteiger partial charge in [0, 0.05) is 5.56 Å². The maximum Gasteiger partial charge on any atom is 0.326 e. The van der Waals surface area contributed by atoms with Crippen LogP contribution in [0.3, 0.4) is 0 Å². The normalized spacial score (nSPS) is 11.5. The fourth-order valence-electron chi connectivity index (χ4n) is 3.82. The Kier molecular flexibility index (Phi) is 8.92. The number of carbonyl (C=O) groups is 2. The van der Waals surface area contributed by atoms with Gasteiger partial charge in [0.2, 0.25) is 5.75 Å². The molecule has 35 heavy (non-hydrogen) atoms. The van der Waals surface area contributed by atoms with E-state index in [0.29, 0.717) is 47.4 Å². The molecule has 0 fully saturated rings. The first-order valence-corrected chi connectivity index (χ1v) is 12.6. The zero-order chi connectivity index (χ0) is 25.5. The Morgan fingerprint density at radius 1 is 0.886 bits per heavy atom. The van der Waals surface area contributed by atoms with Gasteiger partial charge in [-0.1, -0.05) is 17.4 Å². The minimum atomic E-state index is -0.478. The van der Waals surface area contributed by atoms with Crippen LogP contribution in [-0.2, 0) is 16.1 Å². The highest BCUT2D eigenvalue weighted by atomic mass is 32.1. The lowest BCUT2D eigenvalue weighted by atomic mass is 10.1. The average molecular weight is 501 g/mol. The van der Waals surface area contributed by atoms with Crippen LogP contribution >= 0.6 is 11.3 Å². The molecule has 3 rings (SSSR count). The molecule has 0 bridgehead atoms. The first kappa shape index (κ1) is 26.3. The summed E-state index contributed by atoms with van der Waals surface area (Å²) in [6, 6.07) is 7.29. The summed E-state index contributed by atoms with van der Waals surface area (Å²) < 4.78 is 25.0. The maximum absolute atomic E-state index is 13.3. The Labute approximate surface area is 209 Å². The number of fused-ring (bicyclic) bond motifs is 1. The van der Waals surface area contributed by atoms with Crippen molar-refractivity contribution in [2.45, 2.75) is 48.1 Å². The SMILES string of the molecule is CCOC(=O)Cn1c(=NC(=O)c2cc(OCC)c(OCC)c(OCC)c2)sc2cc(C)cc(C)c21. The summed E-state index contributed by atoms with van der Waals surface area (Å²) in [6.07, 6.45) is 0. The van der Waals surface area contributed by atoms with Crippen molar-refractivity contribution in [3.05, 3.63) is 45.8 Å². The fraction of sp³-hybridized carbons (Fsp3) is 0.423. The van der Waals surface area contributed by atoms with Gasteiger partial charge in [-0.25, -0.2) is 0 Å². The van der Waals surface area contributed by atoms with Gasteiger partial charge < -0.3 is 23.5 Å². The fourth-order valence-corrected chi connectivity index (χ4v) is 5.03. The number of aromatic nitrogens is 1. The summed E-state index contributed by atoms with van der Waals surface area (Å²) >= 11 is 1.36. The second-order valence-electron chi connectivity index (χ2n) is 7.72. The summed E-state index contributed by atoms with van der Waals surface area (Å²) in [5.74, 6) is 0.424. The summed E-state index contributed by atoms with van der Waals surface area (Å²) in [5.41, 5.74) is 3.24. The molecule has 3 aromatic rings. The van der Waals surface area contributed by atoms with E-state index < -0.39 is 5.91 Å². The number of hydrogen-bond donors (Lipinski definition) is 0. The van der Waals surface area contributed by atoms with Crippen molar-refractivity contribution in [2.24, 2.45) is 4.99 Å². The van der Waals surface area contributed by atoms with Gasteiger partial charge in [0.1, 0.15) is 6.54 Å². The Balaban J connectivity index is 2.17. The molecule has 0 aliphatic rings. The van der Waals surface area contributed by atoms with Crippen molar-refractivity contribution in [2.75, 3.05) is 26.4 Å². The van der Waals surface area contributed by atoms with Crippen LogP contribution in [0.15, 0.2) is 29.3 Å². The number of esters is 1. The van der Waals surface area contributed by atoms with Crippen LogP contribution in [0.4, 0.5) is 0 Å². The third-order valence-corrected chi connectivity index (χ3v) is 6.08. The smallest absolute Gasteiger partial charge is 0.326 e. The first-order chi connectivity index (χ1) is 16.8. The van der Waals surface area contributed by atoms with E-state index in [1.807, 2.05) is 46.8 Å². The zero-order valence-corrected chi connectivity index (χ0v) is 21.9. The summed E-state index contributed by atoms with van der Waals surface area (Å²) in [5, 5.41) is 0. The maximum atomic E-state index is 13.3. The molecule has 0 N–H and O–H groups in total. The van der Waals surface area contributed by atoms with Crippen molar-refractivity contribution in [1.82, 2.24) is 4.57 Å². The number of ether oxygens (including phenoxy) is 4. The molecular weight excluding hydrogens is 468 g/mol. The van der Waals surface area contributed by atoms with E-state index in [2.05, 4.69) is 4.99 Å². The monoisotopic (exact) mass is 500 g/mol. The number of amides is 1. The van der Waals surface area contributed by atoms with Crippen LogP contribution in [0.1, 0.15) is 49.2 Å².